The van der Waals surface area contributed by atoms with E-state index >= 15 is 0 Å². The molecule has 0 saturated heterocycles. The highest BCUT2D eigenvalue weighted by Crippen LogP contribution is 2.27. The summed E-state index contributed by atoms with van der Waals surface area (Å²) in [5, 5.41) is 8.83. The Morgan fingerprint density at radius 1 is 1.43 bits per heavy atom. The number of fused-ring (bicyclic) bond motifs is 1. The van der Waals surface area contributed by atoms with Gasteiger partial charge < -0.3 is 15.6 Å². The van der Waals surface area contributed by atoms with Crippen molar-refractivity contribution >= 4 is 39.1 Å². The van der Waals surface area contributed by atoms with Gasteiger partial charge in [-0.1, -0.05) is 0 Å². The molecule has 0 saturated carbocycles. The van der Waals surface area contributed by atoms with Gasteiger partial charge in [0.25, 0.3) is 11.8 Å². The number of nitrogens with one attached hydrogen (secondary N) is 1. The van der Waals surface area contributed by atoms with Crippen molar-refractivity contribution in [3.63, 3.8) is 0 Å². The molecule has 3 heterocycles. The number of nitrogens with two attached hydrogens (primary N) is 1. The van der Waals surface area contributed by atoms with E-state index in [1.807, 2.05) is 29.0 Å². The third-order valence-corrected chi connectivity index (χ3v) is 4.73. The smallest absolute Gasteiger partial charge is 0.272 e. The molecule has 0 aliphatic carbocycles. The van der Waals surface area contributed by atoms with Gasteiger partial charge in [0, 0.05) is 13.6 Å². The lowest BCUT2D eigenvalue weighted by Gasteiger charge is -2.09. The molecule has 23 heavy (non-hydrogen) atoms. The predicted molar refractivity (Wildman–Crippen MR) is 89.9 cm³/mol. The minimum absolute atomic E-state index is 0.0646. The quantitative estimate of drug-likeness (QED) is 0.766. The van der Waals surface area contributed by atoms with Gasteiger partial charge in [0.2, 0.25) is 0 Å². The Morgan fingerprint density at radius 2 is 2.17 bits per heavy atom. The number of anilines is 1. The van der Waals surface area contributed by atoms with Gasteiger partial charge in [-0.25, -0.2) is 0 Å². The third-order valence-electron chi connectivity index (χ3n) is 3.88. The molecule has 0 aromatic carbocycles. The molecule has 0 bridgehead atoms. The van der Waals surface area contributed by atoms with E-state index < -0.39 is 5.91 Å². The number of carbonyl (C=O) groups excluding carboxylic acids is 2. The Bertz CT molecular complexity index is 918. The topological polar surface area (TPSA) is 94.9 Å². The zero-order valence-electron chi connectivity index (χ0n) is 13.1. The Balaban J connectivity index is 2.01. The molecular formula is C15H17N5O2S. The molecule has 0 spiro atoms. The molecule has 0 aliphatic rings. The number of aromatic nitrogens is 3. The van der Waals surface area contributed by atoms with Crippen molar-refractivity contribution in [1.82, 2.24) is 14.3 Å². The van der Waals surface area contributed by atoms with E-state index in [-0.39, 0.29) is 11.6 Å². The lowest BCUT2D eigenvalue weighted by molar-refractivity contribution is 0.0995. The number of thiophene rings is 1. The Labute approximate surface area is 136 Å². The molecule has 0 atom stereocenters. The van der Waals surface area contributed by atoms with E-state index in [0.717, 1.165) is 10.2 Å². The second-order valence-corrected chi connectivity index (χ2v) is 6.14. The van der Waals surface area contributed by atoms with E-state index in [1.54, 1.807) is 25.3 Å². The van der Waals surface area contributed by atoms with Crippen LogP contribution >= 0.6 is 11.3 Å². The highest BCUT2D eigenvalue weighted by molar-refractivity contribution is 7.17. The van der Waals surface area contributed by atoms with Crippen LogP contribution in [0.4, 0.5) is 5.69 Å². The van der Waals surface area contributed by atoms with E-state index in [1.165, 1.54) is 4.68 Å². The van der Waals surface area contributed by atoms with Crippen LogP contribution in [0.15, 0.2) is 17.5 Å². The van der Waals surface area contributed by atoms with Gasteiger partial charge in [0.05, 0.1) is 21.6 Å². The molecule has 0 radical (unpaired) electrons. The Kier molecular flexibility index (Phi) is 3.69. The minimum Gasteiger partial charge on any atom is -0.364 e. The molecule has 0 fully saturated rings. The van der Waals surface area contributed by atoms with Crippen molar-refractivity contribution < 1.29 is 9.59 Å². The van der Waals surface area contributed by atoms with Crippen molar-refractivity contribution in [2.75, 3.05) is 5.32 Å². The van der Waals surface area contributed by atoms with Crippen LogP contribution in [0.25, 0.3) is 10.2 Å². The highest BCUT2D eigenvalue weighted by atomic mass is 32.1. The second kappa shape index (κ2) is 5.54. The fraction of sp³-hybridized carbons (Fsp3) is 0.267. The number of carbonyl (C=O) groups is 2. The lowest BCUT2D eigenvalue weighted by Crippen LogP contribution is -2.20. The van der Waals surface area contributed by atoms with E-state index in [2.05, 4.69) is 10.4 Å². The van der Waals surface area contributed by atoms with Gasteiger partial charge >= 0.3 is 0 Å². The van der Waals surface area contributed by atoms with Crippen LogP contribution in [0.3, 0.4) is 0 Å². The van der Waals surface area contributed by atoms with Gasteiger partial charge in [0.15, 0.2) is 5.69 Å². The highest BCUT2D eigenvalue weighted by Gasteiger charge is 2.22. The standard InChI is InChI=1S/C15H17N5O2S/c1-4-20-9-5-6-23-11(9)7-10(20)15(22)17-12-8(2)19(3)18-13(12)14(16)21/h5-7H,4H2,1-3H3,(H2,16,21)(H,17,22). The molecule has 8 heteroatoms. The zero-order valence-corrected chi connectivity index (χ0v) is 13.9. The van der Waals surface area contributed by atoms with Crippen LogP contribution in [0, 0.1) is 6.92 Å². The number of amides is 2. The van der Waals surface area contributed by atoms with E-state index in [9.17, 15) is 9.59 Å². The number of nitrogens with zero attached hydrogens (tertiary/aromatic N) is 3. The molecule has 0 aliphatic heterocycles. The first-order chi connectivity index (χ1) is 10.9. The Hall–Kier alpha value is -2.61. The number of aryl methyl sites for hydroxylation is 2. The first-order valence-electron chi connectivity index (χ1n) is 7.15. The monoisotopic (exact) mass is 331 g/mol. The second-order valence-electron chi connectivity index (χ2n) is 5.19. The molecule has 2 amide bonds. The summed E-state index contributed by atoms with van der Waals surface area (Å²) in [6.45, 7) is 4.43. The van der Waals surface area contributed by atoms with Crippen LogP contribution < -0.4 is 11.1 Å². The molecule has 7 nitrogen and oxygen atoms in total. The average Bonchev–Trinajstić information content (AvgIpc) is 3.15. The third kappa shape index (κ3) is 2.40. The predicted octanol–water partition coefficient (Wildman–Crippen LogP) is 2.12. The fourth-order valence-corrected chi connectivity index (χ4v) is 3.44. The first-order valence-corrected chi connectivity index (χ1v) is 8.03. The van der Waals surface area contributed by atoms with Crippen molar-refractivity contribution in [1.29, 1.82) is 0 Å². The van der Waals surface area contributed by atoms with E-state index in [0.29, 0.717) is 23.6 Å². The zero-order chi connectivity index (χ0) is 16.7. The van der Waals surface area contributed by atoms with Gasteiger partial charge in [-0.15, -0.1) is 11.3 Å². The van der Waals surface area contributed by atoms with Crippen LogP contribution in [-0.4, -0.2) is 26.2 Å². The van der Waals surface area contributed by atoms with E-state index in [4.69, 9.17) is 5.73 Å². The maximum atomic E-state index is 12.7. The van der Waals surface area contributed by atoms with Crippen molar-refractivity contribution in [3.05, 3.63) is 34.6 Å². The van der Waals surface area contributed by atoms with Crippen LogP contribution in [0.2, 0.25) is 0 Å². The number of rotatable bonds is 4. The SMILES string of the molecule is CCn1c(C(=O)Nc2c(C(N)=O)nn(C)c2C)cc2sccc21. The summed E-state index contributed by atoms with van der Waals surface area (Å²) in [7, 11) is 1.70. The summed E-state index contributed by atoms with van der Waals surface area (Å²) in [4.78, 5) is 24.2. The fourth-order valence-electron chi connectivity index (χ4n) is 2.61. The van der Waals surface area contributed by atoms with Crippen molar-refractivity contribution in [2.45, 2.75) is 20.4 Å². The molecule has 3 aromatic heterocycles. The van der Waals surface area contributed by atoms with Crippen molar-refractivity contribution in [2.24, 2.45) is 12.8 Å². The molecule has 120 valence electrons. The number of hydrogen-bond acceptors (Lipinski definition) is 4. The minimum atomic E-state index is -0.671. The lowest BCUT2D eigenvalue weighted by atomic mass is 10.2. The maximum absolute atomic E-state index is 12.7. The summed E-state index contributed by atoms with van der Waals surface area (Å²) in [6.07, 6.45) is 0. The maximum Gasteiger partial charge on any atom is 0.272 e. The number of primary amides is 1. The van der Waals surface area contributed by atoms with Gasteiger partial charge in [-0.05, 0) is 31.4 Å². The summed E-state index contributed by atoms with van der Waals surface area (Å²) in [6, 6.07) is 3.85. The average molecular weight is 331 g/mol. The van der Waals surface area contributed by atoms with Gasteiger partial charge in [-0.2, -0.15) is 5.10 Å². The molecular weight excluding hydrogens is 314 g/mol. The first kappa shape index (κ1) is 15.3. The molecule has 3 rings (SSSR count). The summed E-state index contributed by atoms with van der Waals surface area (Å²) in [5.41, 5.74) is 8.01. The normalized spacial score (nSPS) is 11.1. The van der Waals surface area contributed by atoms with Gasteiger partial charge in [-0.3, -0.25) is 14.3 Å². The van der Waals surface area contributed by atoms with Crippen molar-refractivity contribution in [3.8, 4) is 0 Å². The molecule has 3 aromatic rings. The summed E-state index contributed by atoms with van der Waals surface area (Å²) >= 11 is 1.59. The van der Waals surface area contributed by atoms with Gasteiger partial charge in [0.1, 0.15) is 5.69 Å². The van der Waals surface area contributed by atoms with Crippen LogP contribution in [0.5, 0.6) is 0 Å². The number of hydrogen-bond donors (Lipinski definition) is 2. The van der Waals surface area contributed by atoms with Crippen LogP contribution in [0.1, 0.15) is 33.6 Å². The van der Waals surface area contributed by atoms with Crippen LogP contribution in [-0.2, 0) is 13.6 Å². The molecule has 0 unspecified atom stereocenters. The molecule has 3 N–H and O–H groups in total. The Morgan fingerprint density at radius 3 is 2.83 bits per heavy atom. The largest absolute Gasteiger partial charge is 0.364 e. The summed E-state index contributed by atoms with van der Waals surface area (Å²) < 4.78 is 4.51. The summed E-state index contributed by atoms with van der Waals surface area (Å²) in [5.74, 6) is -0.954.